The van der Waals surface area contributed by atoms with Crippen LogP contribution in [0.2, 0.25) is 0 Å². The molecule has 0 aliphatic carbocycles. The summed E-state index contributed by atoms with van der Waals surface area (Å²) < 4.78 is 9.71. The molecule has 0 aromatic heterocycles. The molecule has 0 fully saturated rings. The second-order valence-corrected chi connectivity index (χ2v) is 6.32. The Morgan fingerprint density at radius 1 is 1.17 bits per heavy atom. The fourth-order valence-corrected chi connectivity index (χ4v) is 1.93. The monoisotopic (exact) mass is 280 g/mol. The quantitative estimate of drug-likeness (QED) is 0.426. The van der Waals surface area contributed by atoms with Gasteiger partial charge >= 0.3 is 14.6 Å². The predicted octanol–water partition coefficient (Wildman–Crippen LogP) is 2.61. The minimum absolute atomic E-state index is 0.00318. The van der Waals surface area contributed by atoms with E-state index in [1.165, 1.54) is 0 Å². The van der Waals surface area contributed by atoms with Crippen molar-refractivity contribution in [1.82, 2.24) is 0 Å². The molecule has 0 aliphatic heterocycles. The fraction of sp³-hybridized carbons (Fsp3) is 0.917. The Morgan fingerprint density at radius 3 is 2.11 bits per heavy atom. The van der Waals surface area contributed by atoms with Crippen LogP contribution in [0.25, 0.3) is 0 Å². The topological polar surface area (TPSA) is 76.0 Å². The lowest BCUT2D eigenvalue weighted by Crippen LogP contribution is -2.42. The van der Waals surface area contributed by atoms with Crippen LogP contribution in [0.4, 0.5) is 0 Å². The molecule has 18 heavy (non-hydrogen) atoms. The molecule has 0 saturated carbocycles. The summed E-state index contributed by atoms with van der Waals surface area (Å²) in [6.07, 6.45) is 1.65. The highest BCUT2D eigenvalue weighted by atomic mass is 31.2. The van der Waals surface area contributed by atoms with Gasteiger partial charge in [0.2, 0.25) is 0 Å². The third-order valence-corrected chi connectivity index (χ3v) is 3.79. The summed E-state index contributed by atoms with van der Waals surface area (Å²) in [5.41, 5.74) is -0.744. The van der Waals surface area contributed by atoms with Crippen molar-refractivity contribution in [3.8, 4) is 0 Å². The number of esters is 1. The molecule has 0 saturated heterocycles. The number of rotatable bonds is 7. The van der Waals surface area contributed by atoms with Gasteiger partial charge < -0.3 is 19.0 Å². The van der Waals surface area contributed by atoms with E-state index in [-0.39, 0.29) is 24.6 Å². The first-order chi connectivity index (χ1) is 8.15. The highest BCUT2D eigenvalue weighted by molar-refractivity contribution is 7.39. The van der Waals surface area contributed by atoms with E-state index in [1.54, 1.807) is 0 Å². The van der Waals surface area contributed by atoms with Gasteiger partial charge in [-0.25, -0.2) is 0 Å². The Labute approximate surface area is 110 Å². The molecule has 2 N–H and O–H groups in total. The minimum atomic E-state index is -2.38. The van der Waals surface area contributed by atoms with E-state index in [0.717, 1.165) is 12.8 Å². The first-order valence-corrected chi connectivity index (χ1v) is 7.29. The van der Waals surface area contributed by atoms with Crippen molar-refractivity contribution in [3.63, 3.8) is 0 Å². The lowest BCUT2D eigenvalue weighted by Gasteiger charge is -2.39. The van der Waals surface area contributed by atoms with Crippen LogP contribution in [0.3, 0.4) is 0 Å². The van der Waals surface area contributed by atoms with Gasteiger partial charge in [-0.15, -0.1) is 0 Å². The first-order valence-electron chi connectivity index (χ1n) is 6.13. The van der Waals surface area contributed by atoms with Gasteiger partial charge in [0.05, 0.1) is 12.0 Å². The maximum Gasteiger partial charge on any atom is 0.327 e. The van der Waals surface area contributed by atoms with Crippen molar-refractivity contribution in [3.05, 3.63) is 0 Å². The van der Waals surface area contributed by atoms with Gasteiger partial charge in [0.25, 0.3) is 0 Å². The van der Waals surface area contributed by atoms with Gasteiger partial charge in [-0.3, -0.25) is 4.79 Å². The van der Waals surface area contributed by atoms with Crippen LogP contribution in [0, 0.1) is 10.8 Å². The zero-order chi connectivity index (χ0) is 14.4. The third-order valence-electron chi connectivity index (χ3n) is 3.38. The second kappa shape index (κ2) is 7.39. The van der Waals surface area contributed by atoms with Gasteiger partial charge in [-0.05, 0) is 18.8 Å². The smallest absolute Gasteiger partial charge is 0.327 e. The molecule has 1 atom stereocenters. The van der Waals surface area contributed by atoms with E-state index in [9.17, 15) is 4.79 Å². The molecular formula is C12H25O5P. The normalized spacial score (nSPS) is 15.6. The van der Waals surface area contributed by atoms with Crippen LogP contribution >= 0.6 is 8.60 Å². The summed E-state index contributed by atoms with van der Waals surface area (Å²) in [5, 5.41) is 0. The molecule has 0 aromatic rings. The zero-order valence-corrected chi connectivity index (χ0v) is 12.8. The maximum atomic E-state index is 12.1. The lowest BCUT2D eigenvalue weighted by atomic mass is 9.65. The van der Waals surface area contributed by atoms with Crippen molar-refractivity contribution < 1.29 is 23.8 Å². The molecule has 1 unspecified atom stereocenters. The number of hydrogen-bond acceptors (Lipinski definition) is 5. The Hall–Kier alpha value is -0.220. The summed E-state index contributed by atoms with van der Waals surface area (Å²) in [6, 6.07) is 0. The van der Waals surface area contributed by atoms with Crippen molar-refractivity contribution >= 4 is 14.6 Å². The molecule has 0 amide bonds. The Balaban J connectivity index is 4.41. The summed E-state index contributed by atoms with van der Waals surface area (Å²) in [4.78, 5) is 29.2. The fourth-order valence-electron chi connectivity index (χ4n) is 1.70. The minimum Gasteiger partial charge on any atom is -0.463 e. The molecule has 0 heterocycles. The summed E-state index contributed by atoms with van der Waals surface area (Å²) in [7, 11) is -2.38. The summed E-state index contributed by atoms with van der Waals surface area (Å²) in [6.45, 7) is 10.0. The van der Waals surface area contributed by atoms with Gasteiger partial charge in [0.1, 0.15) is 6.61 Å². The second-order valence-electron chi connectivity index (χ2n) is 5.55. The molecule has 0 aromatic carbocycles. The molecular weight excluding hydrogens is 255 g/mol. The van der Waals surface area contributed by atoms with Crippen LogP contribution in [0.15, 0.2) is 0 Å². The lowest BCUT2D eigenvalue weighted by molar-refractivity contribution is -0.163. The van der Waals surface area contributed by atoms with Crippen LogP contribution in [-0.2, 0) is 14.1 Å². The Morgan fingerprint density at radius 2 is 1.72 bits per heavy atom. The molecule has 5 nitrogen and oxygen atoms in total. The zero-order valence-electron chi connectivity index (χ0n) is 11.9. The van der Waals surface area contributed by atoms with E-state index in [0.29, 0.717) is 0 Å². The van der Waals surface area contributed by atoms with E-state index in [4.69, 9.17) is 14.5 Å². The first kappa shape index (κ1) is 17.8. The van der Waals surface area contributed by atoms with Gasteiger partial charge in [-0.1, -0.05) is 34.1 Å². The maximum absolute atomic E-state index is 12.1. The van der Waals surface area contributed by atoms with Crippen LogP contribution in [0.5, 0.6) is 0 Å². The number of hydrogen-bond donors (Lipinski definition) is 2. The highest BCUT2D eigenvalue weighted by Crippen LogP contribution is 2.43. The summed E-state index contributed by atoms with van der Waals surface area (Å²) >= 11 is 0. The number of carbonyl (C=O) groups excluding carboxylic acids is 1. The predicted molar refractivity (Wildman–Crippen MR) is 70.7 cm³/mol. The summed E-state index contributed by atoms with van der Waals surface area (Å²) in [5.74, 6) is -0.263. The molecule has 6 heteroatoms. The largest absolute Gasteiger partial charge is 0.463 e. The van der Waals surface area contributed by atoms with E-state index in [2.05, 4.69) is 4.52 Å². The SMILES string of the molecule is CCCC(C)(C(=O)OCCOP(O)O)C(C)(C)C. The average Bonchev–Trinajstić information content (AvgIpc) is 2.22. The molecule has 0 spiro atoms. The van der Waals surface area contributed by atoms with E-state index in [1.807, 2.05) is 34.6 Å². The van der Waals surface area contributed by atoms with Gasteiger partial charge in [-0.2, -0.15) is 0 Å². The van der Waals surface area contributed by atoms with Crippen LogP contribution in [0.1, 0.15) is 47.5 Å². The molecule has 0 radical (unpaired) electrons. The van der Waals surface area contributed by atoms with Crippen molar-refractivity contribution in [2.75, 3.05) is 13.2 Å². The van der Waals surface area contributed by atoms with E-state index < -0.39 is 14.0 Å². The van der Waals surface area contributed by atoms with Crippen molar-refractivity contribution in [2.24, 2.45) is 10.8 Å². The van der Waals surface area contributed by atoms with Crippen molar-refractivity contribution in [1.29, 1.82) is 0 Å². The molecule has 108 valence electrons. The van der Waals surface area contributed by atoms with Crippen LogP contribution in [-0.4, -0.2) is 29.0 Å². The molecule has 0 bridgehead atoms. The van der Waals surface area contributed by atoms with Crippen LogP contribution < -0.4 is 0 Å². The number of ether oxygens (including phenoxy) is 1. The Bertz CT molecular complexity index is 262. The van der Waals surface area contributed by atoms with E-state index >= 15 is 0 Å². The van der Waals surface area contributed by atoms with Gasteiger partial charge in [0.15, 0.2) is 0 Å². The van der Waals surface area contributed by atoms with Crippen molar-refractivity contribution in [2.45, 2.75) is 47.5 Å². The average molecular weight is 280 g/mol. The van der Waals surface area contributed by atoms with Gasteiger partial charge in [0, 0.05) is 0 Å². The highest BCUT2D eigenvalue weighted by Gasteiger charge is 2.44. The Kier molecular flexibility index (Phi) is 7.30. The standard InChI is InChI=1S/C12H25O5P/c1-6-7-12(5,11(2,3)4)10(13)16-8-9-17-18(14)15/h14-15H,6-9H2,1-5H3. The molecule has 0 aliphatic rings. The number of carbonyl (C=O) groups is 1. The molecule has 0 rings (SSSR count). The third kappa shape index (κ3) is 5.19.